The van der Waals surface area contributed by atoms with Crippen LogP contribution in [0.2, 0.25) is 0 Å². The van der Waals surface area contributed by atoms with E-state index in [1.54, 1.807) is 12.3 Å². The van der Waals surface area contributed by atoms with Crippen LogP contribution in [0.5, 0.6) is 0 Å². The highest BCUT2D eigenvalue weighted by Crippen LogP contribution is 2.15. The smallest absolute Gasteiger partial charge is 0.225 e. The fourth-order valence-electron chi connectivity index (χ4n) is 1.90. The maximum Gasteiger partial charge on any atom is 0.225 e. The van der Waals surface area contributed by atoms with E-state index < -0.39 is 0 Å². The number of aliphatic hydroxyl groups excluding tert-OH is 1. The molecule has 1 aromatic heterocycles. The Bertz CT molecular complexity index is 308. The van der Waals surface area contributed by atoms with Crippen LogP contribution in [-0.4, -0.2) is 28.2 Å². The van der Waals surface area contributed by atoms with Gasteiger partial charge < -0.3 is 10.0 Å². The van der Waals surface area contributed by atoms with Crippen molar-refractivity contribution in [1.82, 2.24) is 9.97 Å². The number of aliphatic hydroxyl groups is 1. The molecule has 1 aromatic rings. The number of aromatic nitrogens is 2. The van der Waals surface area contributed by atoms with Crippen LogP contribution in [-0.2, 0) is 6.61 Å². The van der Waals surface area contributed by atoms with Gasteiger partial charge in [0.25, 0.3) is 0 Å². The summed E-state index contributed by atoms with van der Waals surface area (Å²) in [5.41, 5.74) is 0.698. The minimum atomic E-state index is -0.0106. The molecule has 0 spiro atoms. The van der Waals surface area contributed by atoms with Crippen LogP contribution in [0.3, 0.4) is 0 Å². The van der Waals surface area contributed by atoms with Crippen LogP contribution in [0, 0.1) is 0 Å². The first kappa shape index (κ1) is 10.4. The van der Waals surface area contributed by atoms with Crippen molar-refractivity contribution >= 4 is 5.95 Å². The highest BCUT2D eigenvalue weighted by molar-refractivity contribution is 5.30. The zero-order valence-electron chi connectivity index (χ0n) is 8.89. The van der Waals surface area contributed by atoms with Crippen molar-refractivity contribution in [3.8, 4) is 0 Å². The molecule has 0 atom stereocenters. The van der Waals surface area contributed by atoms with Crippen molar-refractivity contribution in [3.63, 3.8) is 0 Å². The topological polar surface area (TPSA) is 49.3 Å². The fraction of sp³-hybridized carbons (Fsp3) is 0.636. The van der Waals surface area contributed by atoms with E-state index in [1.807, 2.05) is 0 Å². The molecule has 0 radical (unpaired) electrons. The summed E-state index contributed by atoms with van der Waals surface area (Å²) in [6, 6.07) is 1.75. The molecule has 4 heteroatoms. The third-order valence-electron chi connectivity index (χ3n) is 2.75. The predicted molar refractivity (Wildman–Crippen MR) is 58.6 cm³/mol. The van der Waals surface area contributed by atoms with E-state index >= 15 is 0 Å². The third-order valence-corrected chi connectivity index (χ3v) is 2.75. The molecule has 0 bridgehead atoms. The van der Waals surface area contributed by atoms with Gasteiger partial charge in [0.2, 0.25) is 5.95 Å². The second-order valence-electron chi connectivity index (χ2n) is 3.91. The largest absolute Gasteiger partial charge is 0.390 e. The highest BCUT2D eigenvalue weighted by Gasteiger charge is 2.12. The zero-order valence-corrected chi connectivity index (χ0v) is 8.89. The van der Waals surface area contributed by atoms with Gasteiger partial charge in [0.05, 0.1) is 12.3 Å². The second kappa shape index (κ2) is 5.07. The second-order valence-corrected chi connectivity index (χ2v) is 3.91. The van der Waals surface area contributed by atoms with E-state index in [-0.39, 0.29) is 6.61 Å². The van der Waals surface area contributed by atoms with Crippen LogP contribution in [0.15, 0.2) is 12.3 Å². The van der Waals surface area contributed by atoms with Crippen molar-refractivity contribution < 1.29 is 5.11 Å². The van der Waals surface area contributed by atoms with E-state index in [0.717, 1.165) is 19.0 Å². The monoisotopic (exact) mass is 207 g/mol. The normalized spacial score (nSPS) is 17.5. The Balaban J connectivity index is 2.12. The maximum absolute atomic E-state index is 9.01. The Morgan fingerprint density at radius 1 is 1.20 bits per heavy atom. The first-order valence-corrected chi connectivity index (χ1v) is 5.58. The van der Waals surface area contributed by atoms with E-state index in [1.165, 1.54) is 25.7 Å². The first-order valence-electron chi connectivity index (χ1n) is 5.58. The summed E-state index contributed by atoms with van der Waals surface area (Å²) >= 11 is 0. The van der Waals surface area contributed by atoms with Gasteiger partial charge in [-0.05, 0) is 18.9 Å². The Morgan fingerprint density at radius 2 is 1.93 bits per heavy atom. The predicted octanol–water partition coefficient (Wildman–Crippen LogP) is 1.35. The summed E-state index contributed by atoms with van der Waals surface area (Å²) in [6.07, 6.45) is 6.75. The summed E-state index contributed by atoms with van der Waals surface area (Å²) in [6.45, 7) is 2.06. The molecule has 15 heavy (non-hydrogen) atoms. The Labute approximate surface area is 90.0 Å². The Hall–Kier alpha value is -1.16. The molecule has 1 saturated heterocycles. The Morgan fingerprint density at radius 3 is 2.60 bits per heavy atom. The maximum atomic E-state index is 9.01. The van der Waals surface area contributed by atoms with Crippen LogP contribution in [0.1, 0.15) is 31.4 Å². The molecule has 1 fully saturated rings. The van der Waals surface area contributed by atoms with Crippen LogP contribution in [0.4, 0.5) is 5.95 Å². The summed E-state index contributed by atoms with van der Waals surface area (Å²) < 4.78 is 0. The quantitative estimate of drug-likeness (QED) is 0.795. The highest BCUT2D eigenvalue weighted by atomic mass is 16.3. The van der Waals surface area contributed by atoms with Gasteiger partial charge in [0.15, 0.2) is 0 Å². The molecule has 0 unspecified atom stereocenters. The van der Waals surface area contributed by atoms with Crippen molar-refractivity contribution in [1.29, 1.82) is 0 Å². The minimum Gasteiger partial charge on any atom is -0.390 e. The van der Waals surface area contributed by atoms with E-state index in [9.17, 15) is 0 Å². The molecule has 0 amide bonds. The number of anilines is 1. The zero-order chi connectivity index (χ0) is 10.5. The van der Waals surface area contributed by atoms with E-state index in [2.05, 4.69) is 14.9 Å². The number of hydrogen-bond donors (Lipinski definition) is 1. The molecule has 4 nitrogen and oxygen atoms in total. The first-order chi connectivity index (χ1) is 7.40. The number of hydrogen-bond acceptors (Lipinski definition) is 4. The molecule has 1 N–H and O–H groups in total. The molecule has 1 aliphatic rings. The van der Waals surface area contributed by atoms with Crippen LogP contribution >= 0.6 is 0 Å². The third kappa shape index (κ3) is 2.65. The summed E-state index contributed by atoms with van der Waals surface area (Å²) in [5, 5.41) is 9.01. The molecular formula is C11H17N3O. The van der Waals surface area contributed by atoms with Crippen LogP contribution in [0.25, 0.3) is 0 Å². The number of rotatable bonds is 2. The van der Waals surface area contributed by atoms with Gasteiger partial charge in [-0.15, -0.1) is 0 Å². The van der Waals surface area contributed by atoms with Gasteiger partial charge in [-0.2, -0.15) is 0 Å². The van der Waals surface area contributed by atoms with E-state index in [4.69, 9.17) is 5.11 Å². The van der Waals surface area contributed by atoms with E-state index in [0.29, 0.717) is 5.69 Å². The molecule has 1 aliphatic heterocycles. The fourth-order valence-corrected chi connectivity index (χ4v) is 1.90. The molecule has 0 aliphatic carbocycles. The molecule has 82 valence electrons. The molecular weight excluding hydrogens is 190 g/mol. The van der Waals surface area contributed by atoms with Gasteiger partial charge in [-0.25, -0.2) is 9.97 Å². The molecule has 0 aromatic carbocycles. The van der Waals surface area contributed by atoms with Crippen molar-refractivity contribution in [2.45, 2.75) is 32.3 Å². The number of nitrogens with zero attached hydrogens (tertiary/aromatic N) is 3. The van der Waals surface area contributed by atoms with Crippen molar-refractivity contribution in [2.75, 3.05) is 18.0 Å². The van der Waals surface area contributed by atoms with Gasteiger partial charge in [0, 0.05) is 19.3 Å². The minimum absolute atomic E-state index is 0.0106. The average molecular weight is 207 g/mol. The lowest BCUT2D eigenvalue weighted by Crippen LogP contribution is -2.26. The standard InChI is InChI=1S/C11H17N3O/c15-9-10-5-6-12-11(13-10)14-7-3-1-2-4-8-14/h5-6,15H,1-4,7-9H2. The van der Waals surface area contributed by atoms with Gasteiger partial charge >= 0.3 is 0 Å². The molecule has 2 heterocycles. The molecule has 2 rings (SSSR count). The lowest BCUT2D eigenvalue weighted by Gasteiger charge is -2.20. The van der Waals surface area contributed by atoms with Crippen molar-refractivity contribution in [2.24, 2.45) is 0 Å². The SMILES string of the molecule is OCc1ccnc(N2CCCCCC2)n1. The van der Waals surface area contributed by atoms with Crippen molar-refractivity contribution in [3.05, 3.63) is 18.0 Å². The van der Waals surface area contributed by atoms with Gasteiger partial charge in [0.1, 0.15) is 0 Å². The summed E-state index contributed by atoms with van der Waals surface area (Å²) in [5.74, 6) is 0.767. The summed E-state index contributed by atoms with van der Waals surface area (Å²) in [4.78, 5) is 10.8. The summed E-state index contributed by atoms with van der Waals surface area (Å²) in [7, 11) is 0. The van der Waals surface area contributed by atoms with Crippen LogP contribution < -0.4 is 4.90 Å². The van der Waals surface area contributed by atoms with Gasteiger partial charge in [-0.1, -0.05) is 12.8 Å². The average Bonchev–Trinajstić information content (AvgIpc) is 2.58. The Kier molecular flexibility index (Phi) is 3.50. The van der Waals surface area contributed by atoms with Gasteiger partial charge in [-0.3, -0.25) is 0 Å². The molecule has 0 saturated carbocycles. The lowest BCUT2D eigenvalue weighted by atomic mass is 10.2. The lowest BCUT2D eigenvalue weighted by molar-refractivity contribution is 0.276.